The number of aryl methyl sites for hydroxylation is 2. The minimum atomic E-state index is -0.621. The number of nitrogens with zero attached hydrogens (tertiary/aromatic N) is 1. The molecule has 0 saturated carbocycles. The summed E-state index contributed by atoms with van der Waals surface area (Å²) < 4.78 is 12.5. The monoisotopic (exact) mass is 448 g/mol. The van der Waals surface area contributed by atoms with Crippen LogP contribution in [0, 0.1) is 13.8 Å². The maximum atomic E-state index is 12.8. The van der Waals surface area contributed by atoms with Gasteiger partial charge < -0.3 is 19.4 Å². The molecule has 0 unspecified atom stereocenters. The van der Waals surface area contributed by atoms with E-state index in [1.807, 2.05) is 44.2 Å². The highest BCUT2D eigenvalue weighted by molar-refractivity contribution is 6.00. The summed E-state index contributed by atoms with van der Waals surface area (Å²) in [5.74, 6) is -0.302. The lowest BCUT2D eigenvalue weighted by atomic mass is 10.1. The average molecular weight is 449 g/mol. The Labute approximate surface area is 193 Å². The number of rotatable bonds is 9. The molecule has 0 saturated heterocycles. The fraction of sp³-hybridized carbons (Fsp3) is 0.269. The molecule has 7 nitrogen and oxygen atoms in total. The molecule has 172 valence electrons. The molecule has 0 atom stereocenters. The van der Waals surface area contributed by atoms with Crippen molar-refractivity contribution in [3.8, 4) is 5.75 Å². The van der Waals surface area contributed by atoms with Gasteiger partial charge in [0.05, 0.1) is 12.7 Å². The number of Topliss-reactive ketones (excluding diaryl/α,β-unsaturated/α-hetero) is 1. The number of hydrogen-bond donors (Lipinski definition) is 1. The Balaban J connectivity index is 1.62. The van der Waals surface area contributed by atoms with Crippen LogP contribution < -0.4 is 10.1 Å². The Kier molecular flexibility index (Phi) is 7.66. The number of carbonyl (C=O) groups excluding carboxylic acids is 3. The smallest absolute Gasteiger partial charge is 0.338 e. The number of aromatic nitrogens is 1. The highest BCUT2D eigenvalue weighted by Crippen LogP contribution is 2.19. The number of ether oxygens (including phenoxy) is 2. The first kappa shape index (κ1) is 23.8. The van der Waals surface area contributed by atoms with Crippen molar-refractivity contribution in [3.63, 3.8) is 0 Å². The van der Waals surface area contributed by atoms with Crippen LogP contribution >= 0.6 is 0 Å². The fourth-order valence-corrected chi connectivity index (χ4v) is 3.68. The molecular formula is C26H28N2O5. The van der Waals surface area contributed by atoms with Crippen molar-refractivity contribution in [2.75, 3.05) is 19.0 Å². The van der Waals surface area contributed by atoms with Crippen LogP contribution in [0.4, 0.5) is 5.69 Å². The number of benzene rings is 2. The van der Waals surface area contributed by atoms with Gasteiger partial charge in [-0.3, -0.25) is 9.59 Å². The van der Waals surface area contributed by atoms with Crippen molar-refractivity contribution in [1.82, 2.24) is 4.57 Å². The van der Waals surface area contributed by atoms with Crippen LogP contribution in [0.15, 0.2) is 54.6 Å². The molecule has 0 bridgehead atoms. The summed E-state index contributed by atoms with van der Waals surface area (Å²) in [5, 5.41) is 2.61. The van der Waals surface area contributed by atoms with E-state index in [9.17, 15) is 14.4 Å². The van der Waals surface area contributed by atoms with Crippen molar-refractivity contribution < 1.29 is 23.9 Å². The van der Waals surface area contributed by atoms with Gasteiger partial charge in [-0.25, -0.2) is 4.79 Å². The number of hydrogen-bond acceptors (Lipinski definition) is 5. The molecule has 3 rings (SSSR count). The van der Waals surface area contributed by atoms with Crippen molar-refractivity contribution in [2.24, 2.45) is 0 Å². The van der Waals surface area contributed by atoms with Gasteiger partial charge in [0.15, 0.2) is 6.61 Å². The van der Waals surface area contributed by atoms with E-state index in [0.717, 1.165) is 30.1 Å². The van der Waals surface area contributed by atoms with E-state index in [1.54, 1.807) is 25.3 Å². The zero-order valence-corrected chi connectivity index (χ0v) is 19.3. The van der Waals surface area contributed by atoms with Gasteiger partial charge in [-0.15, -0.1) is 0 Å². The van der Waals surface area contributed by atoms with E-state index < -0.39 is 5.97 Å². The van der Waals surface area contributed by atoms with Crippen LogP contribution in [0.1, 0.15) is 44.6 Å². The summed E-state index contributed by atoms with van der Waals surface area (Å²) >= 11 is 0. The summed E-state index contributed by atoms with van der Waals surface area (Å²) in [6, 6.07) is 16.1. The maximum Gasteiger partial charge on any atom is 0.338 e. The molecule has 0 aliphatic rings. The molecule has 1 aromatic heterocycles. The number of anilines is 1. The Bertz CT molecular complexity index is 1160. The lowest BCUT2D eigenvalue weighted by Gasteiger charge is -2.10. The maximum absolute atomic E-state index is 12.8. The van der Waals surface area contributed by atoms with Gasteiger partial charge in [0.1, 0.15) is 5.75 Å². The summed E-state index contributed by atoms with van der Waals surface area (Å²) in [7, 11) is 1.64. The quantitative estimate of drug-likeness (QED) is 0.388. The Morgan fingerprint density at radius 1 is 1.00 bits per heavy atom. The van der Waals surface area contributed by atoms with Crippen molar-refractivity contribution in [2.45, 2.75) is 33.7 Å². The predicted octanol–water partition coefficient (Wildman–Crippen LogP) is 4.35. The standard InChI is InChI=1S/C26H28N2O5/c1-17-14-24(18(2)28(17)13-12-20-8-10-23(32-4)11-9-20)25(30)16-33-26(31)21-6-5-7-22(15-21)27-19(3)29/h5-11,14-15H,12-13,16H2,1-4H3,(H,27,29). The van der Waals surface area contributed by atoms with Crippen LogP contribution in [-0.2, 0) is 22.5 Å². The van der Waals surface area contributed by atoms with E-state index in [-0.39, 0.29) is 23.9 Å². The topological polar surface area (TPSA) is 86.6 Å². The second-order valence-corrected chi connectivity index (χ2v) is 7.80. The lowest BCUT2D eigenvalue weighted by Crippen LogP contribution is -2.15. The van der Waals surface area contributed by atoms with E-state index >= 15 is 0 Å². The Morgan fingerprint density at radius 3 is 2.39 bits per heavy atom. The molecule has 7 heteroatoms. The van der Waals surface area contributed by atoms with Gasteiger partial charge >= 0.3 is 5.97 Å². The first-order valence-electron chi connectivity index (χ1n) is 10.7. The highest BCUT2D eigenvalue weighted by Gasteiger charge is 2.18. The summed E-state index contributed by atoms with van der Waals surface area (Å²) in [6.07, 6.45) is 0.813. The van der Waals surface area contributed by atoms with Crippen LogP contribution in [0.5, 0.6) is 5.75 Å². The Morgan fingerprint density at radius 2 is 1.73 bits per heavy atom. The summed E-state index contributed by atoms with van der Waals surface area (Å²) in [6.45, 7) is 5.61. The zero-order chi connectivity index (χ0) is 24.0. The first-order chi connectivity index (χ1) is 15.8. The number of carbonyl (C=O) groups is 3. The highest BCUT2D eigenvalue weighted by atomic mass is 16.5. The lowest BCUT2D eigenvalue weighted by molar-refractivity contribution is -0.114. The van der Waals surface area contributed by atoms with Crippen molar-refractivity contribution in [3.05, 3.63) is 82.7 Å². The number of esters is 1. The average Bonchev–Trinajstić information content (AvgIpc) is 3.09. The molecule has 0 aliphatic heterocycles. The molecule has 3 aromatic rings. The van der Waals surface area contributed by atoms with Gasteiger partial charge in [0.2, 0.25) is 11.7 Å². The molecule has 0 radical (unpaired) electrons. The van der Waals surface area contributed by atoms with Gasteiger partial charge in [-0.05, 0) is 62.2 Å². The van der Waals surface area contributed by atoms with Crippen LogP contribution in [0.3, 0.4) is 0 Å². The minimum Gasteiger partial charge on any atom is -0.497 e. The largest absolute Gasteiger partial charge is 0.497 e. The number of methoxy groups -OCH3 is 1. The number of ketones is 1. The number of nitrogens with one attached hydrogen (secondary N) is 1. The third kappa shape index (κ3) is 6.10. The van der Waals surface area contributed by atoms with E-state index in [4.69, 9.17) is 9.47 Å². The third-order valence-electron chi connectivity index (χ3n) is 5.41. The number of amides is 1. The molecule has 0 aliphatic carbocycles. The molecular weight excluding hydrogens is 420 g/mol. The molecule has 1 amide bonds. The molecule has 1 N–H and O–H groups in total. The normalized spacial score (nSPS) is 10.5. The van der Waals surface area contributed by atoms with Crippen LogP contribution in [-0.4, -0.2) is 35.9 Å². The third-order valence-corrected chi connectivity index (χ3v) is 5.41. The summed E-state index contributed by atoms with van der Waals surface area (Å²) in [4.78, 5) is 36.3. The first-order valence-corrected chi connectivity index (χ1v) is 10.7. The van der Waals surface area contributed by atoms with E-state index in [1.165, 1.54) is 18.6 Å². The van der Waals surface area contributed by atoms with Gasteiger partial charge in [-0.2, -0.15) is 0 Å². The van der Waals surface area contributed by atoms with Crippen molar-refractivity contribution >= 4 is 23.3 Å². The molecule has 33 heavy (non-hydrogen) atoms. The van der Waals surface area contributed by atoms with E-state index in [2.05, 4.69) is 9.88 Å². The Hall–Kier alpha value is -3.87. The molecule has 1 heterocycles. The second-order valence-electron chi connectivity index (χ2n) is 7.80. The second kappa shape index (κ2) is 10.6. The molecule has 0 fully saturated rings. The fourth-order valence-electron chi connectivity index (χ4n) is 3.68. The van der Waals surface area contributed by atoms with E-state index in [0.29, 0.717) is 11.3 Å². The van der Waals surface area contributed by atoms with Crippen LogP contribution in [0.25, 0.3) is 0 Å². The van der Waals surface area contributed by atoms with Gasteiger partial charge in [0.25, 0.3) is 0 Å². The zero-order valence-electron chi connectivity index (χ0n) is 19.3. The van der Waals surface area contributed by atoms with Gasteiger partial charge in [-0.1, -0.05) is 18.2 Å². The minimum absolute atomic E-state index is 0.238. The van der Waals surface area contributed by atoms with Crippen LogP contribution in [0.2, 0.25) is 0 Å². The predicted molar refractivity (Wildman–Crippen MR) is 126 cm³/mol. The SMILES string of the molecule is COc1ccc(CCn2c(C)cc(C(=O)COC(=O)c3cccc(NC(C)=O)c3)c2C)cc1. The van der Waals surface area contributed by atoms with Crippen molar-refractivity contribution in [1.29, 1.82) is 0 Å². The van der Waals surface area contributed by atoms with Gasteiger partial charge in [0, 0.05) is 36.1 Å². The summed E-state index contributed by atoms with van der Waals surface area (Å²) in [5.41, 5.74) is 4.28. The molecule has 2 aromatic carbocycles. The molecule has 0 spiro atoms.